The molecule has 2 aromatic rings. The van der Waals surface area contributed by atoms with Crippen LogP contribution in [0.2, 0.25) is 0 Å². The van der Waals surface area contributed by atoms with E-state index in [4.69, 9.17) is 24.5 Å². The molecule has 3 N–H and O–H groups in total. The predicted octanol–water partition coefficient (Wildman–Crippen LogP) is 4.43. The Balaban J connectivity index is 0.000000301. The van der Waals surface area contributed by atoms with Crippen LogP contribution in [0.4, 0.5) is 32.3 Å². The molecule has 38 heavy (non-hydrogen) atoms. The number of hydrogen-bond acceptors (Lipinski definition) is 8. The standard InChI is InChI=1S/C18H24N4OS.2C2HF3O2/c1-3-16(11-21-17-19-7-2-8-20-17)23-18(5-1)6-9-22(14-18)12-15-4-10-24-13-15;2*3-2(4,5)1(6)7/h2,4,7-8,10,13,16H,1,3,5-6,9,11-12,14H2,(H,19,20,21);2*(H,6,7)/t16-,18-;;/m1../s1. The third-order valence-electron chi connectivity index (χ3n) is 5.50. The summed E-state index contributed by atoms with van der Waals surface area (Å²) in [6.45, 7) is 4.03. The van der Waals surface area contributed by atoms with Crippen molar-refractivity contribution in [2.75, 3.05) is 25.0 Å². The molecule has 2 atom stereocenters. The molecule has 0 aromatic carbocycles. The van der Waals surface area contributed by atoms with E-state index in [1.165, 1.54) is 18.4 Å². The van der Waals surface area contributed by atoms with Gasteiger partial charge in [-0.15, -0.1) is 0 Å². The van der Waals surface area contributed by atoms with Gasteiger partial charge in [0, 0.05) is 38.6 Å². The van der Waals surface area contributed by atoms with Crippen LogP contribution in [-0.2, 0) is 20.9 Å². The van der Waals surface area contributed by atoms with Gasteiger partial charge in [0.05, 0.1) is 11.7 Å². The number of ether oxygens (including phenoxy) is 1. The quantitative estimate of drug-likeness (QED) is 0.447. The van der Waals surface area contributed by atoms with Gasteiger partial charge in [0.25, 0.3) is 0 Å². The SMILES string of the molecule is O=C(O)C(F)(F)F.O=C(O)C(F)(F)F.c1cnc(NC[C@H]2CCC[C@]3(CCN(Cc4ccsc4)C3)O2)nc1. The van der Waals surface area contributed by atoms with Crippen LogP contribution in [-0.4, -0.2) is 80.7 Å². The summed E-state index contributed by atoms with van der Waals surface area (Å²) < 4.78 is 70.0. The Bertz CT molecular complexity index is 986. The third-order valence-corrected chi connectivity index (χ3v) is 6.23. The molecule has 0 amide bonds. The van der Waals surface area contributed by atoms with Gasteiger partial charge in [0.1, 0.15) is 0 Å². The number of halogens is 6. The van der Waals surface area contributed by atoms with E-state index in [9.17, 15) is 26.3 Å². The van der Waals surface area contributed by atoms with E-state index in [-0.39, 0.29) is 11.7 Å². The number of carboxylic acids is 2. The molecular weight excluding hydrogens is 546 g/mol. The molecule has 2 aliphatic heterocycles. The lowest BCUT2D eigenvalue weighted by Gasteiger charge is -2.39. The number of hydrogen-bond donors (Lipinski definition) is 3. The van der Waals surface area contributed by atoms with E-state index in [1.54, 1.807) is 23.7 Å². The lowest BCUT2D eigenvalue weighted by molar-refractivity contribution is -0.193. The summed E-state index contributed by atoms with van der Waals surface area (Å²) in [5, 5.41) is 22.0. The summed E-state index contributed by atoms with van der Waals surface area (Å²) in [7, 11) is 0. The Labute approximate surface area is 217 Å². The van der Waals surface area contributed by atoms with Crippen molar-refractivity contribution in [3.8, 4) is 0 Å². The molecule has 4 heterocycles. The Morgan fingerprint density at radius 1 is 1.11 bits per heavy atom. The largest absolute Gasteiger partial charge is 0.490 e. The fourth-order valence-electron chi connectivity index (χ4n) is 3.87. The molecule has 0 radical (unpaired) electrons. The molecule has 0 unspecified atom stereocenters. The van der Waals surface area contributed by atoms with E-state index < -0.39 is 24.3 Å². The maximum atomic E-state index is 10.6. The maximum absolute atomic E-state index is 10.6. The topological polar surface area (TPSA) is 125 Å². The van der Waals surface area contributed by atoms with Gasteiger partial charge in [-0.2, -0.15) is 37.7 Å². The summed E-state index contributed by atoms with van der Waals surface area (Å²) in [5.41, 5.74) is 1.48. The van der Waals surface area contributed by atoms with Crippen molar-refractivity contribution >= 4 is 29.2 Å². The van der Waals surface area contributed by atoms with Crippen LogP contribution < -0.4 is 5.32 Å². The minimum absolute atomic E-state index is 0.0537. The van der Waals surface area contributed by atoms with Crippen LogP contribution in [0.3, 0.4) is 0 Å². The van der Waals surface area contributed by atoms with Gasteiger partial charge in [-0.3, -0.25) is 4.90 Å². The zero-order valence-electron chi connectivity index (χ0n) is 19.8. The van der Waals surface area contributed by atoms with Crippen LogP contribution in [0, 0.1) is 0 Å². The molecule has 4 rings (SSSR count). The van der Waals surface area contributed by atoms with Crippen LogP contribution in [0.15, 0.2) is 35.3 Å². The highest BCUT2D eigenvalue weighted by Gasteiger charge is 2.43. The molecule has 9 nitrogen and oxygen atoms in total. The molecule has 2 fully saturated rings. The molecular formula is C22H26F6N4O5S. The van der Waals surface area contributed by atoms with Gasteiger partial charge in [-0.05, 0) is 54.1 Å². The number of nitrogens with one attached hydrogen (secondary N) is 1. The first-order valence-electron chi connectivity index (χ1n) is 11.2. The van der Waals surface area contributed by atoms with Crippen molar-refractivity contribution in [3.05, 3.63) is 40.8 Å². The van der Waals surface area contributed by atoms with Crippen LogP contribution in [0.5, 0.6) is 0 Å². The lowest BCUT2D eigenvalue weighted by Crippen LogP contribution is -2.45. The van der Waals surface area contributed by atoms with Crippen molar-refractivity contribution in [2.45, 2.75) is 56.3 Å². The molecule has 0 bridgehead atoms. The second-order valence-corrected chi connectivity index (χ2v) is 9.25. The minimum Gasteiger partial charge on any atom is -0.475 e. The summed E-state index contributed by atoms with van der Waals surface area (Å²) in [4.78, 5) is 28.8. The first kappa shape index (κ1) is 31.2. The summed E-state index contributed by atoms with van der Waals surface area (Å²) in [5.74, 6) is -4.83. The number of alkyl halides is 6. The zero-order valence-corrected chi connectivity index (χ0v) is 20.7. The predicted molar refractivity (Wildman–Crippen MR) is 124 cm³/mol. The molecule has 0 saturated carbocycles. The average Bonchev–Trinajstić information content (AvgIpc) is 3.48. The number of nitrogens with zero attached hydrogens (tertiary/aromatic N) is 3. The second kappa shape index (κ2) is 13.7. The van der Waals surface area contributed by atoms with Crippen LogP contribution >= 0.6 is 11.3 Å². The highest BCUT2D eigenvalue weighted by Crippen LogP contribution is 2.37. The molecule has 16 heteroatoms. The monoisotopic (exact) mass is 572 g/mol. The number of likely N-dealkylation sites (tertiary alicyclic amines) is 1. The number of rotatable bonds is 5. The van der Waals surface area contributed by atoms with E-state index in [1.807, 2.05) is 6.07 Å². The van der Waals surface area contributed by atoms with Gasteiger partial charge in [0.15, 0.2) is 0 Å². The van der Waals surface area contributed by atoms with E-state index in [2.05, 4.69) is 37.0 Å². The van der Waals surface area contributed by atoms with E-state index in [0.29, 0.717) is 5.95 Å². The molecule has 212 valence electrons. The van der Waals surface area contributed by atoms with Crippen molar-refractivity contribution in [2.24, 2.45) is 0 Å². The van der Waals surface area contributed by atoms with Crippen molar-refractivity contribution in [3.63, 3.8) is 0 Å². The minimum atomic E-state index is -5.08. The summed E-state index contributed by atoms with van der Waals surface area (Å²) in [6.07, 6.45) is -1.69. The number of anilines is 1. The number of thiophene rings is 1. The van der Waals surface area contributed by atoms with E-state index >= 15 is 0 Å². The molecule has 2 saturated heterocycles. The fourth-order valence-corrected chi connectivity index (χ4v) is 4.53. The third kappa shape index (κ3) is 10.8. The Hall–Kier alpha value is -2.98. The Morgan fingerprint density at radius 2 is 1.71 bits per heavy atom. The Morgan fingerprint density at radius 3 is 2.24 bits per heavy atom. The normalized spacial score (nSPS) is 21.6. The number of aromatic nitrogens is 2. The number of aliphatic carboxylic acids is 2. The van der Waals surface area contributed by atoms with Gasteiger partial charge < -0.3 is 20.3 Å². The highest BCUT2D eigenvalue weighted by atomic mass is 32.1. The summed E-state index contributed by atoms with van der Waals surface area (Å²) >= 11 is 1.78. The van der Waals surface area contributed by atoms with Gasteiger partial charge >= 0.3 is 24.3 Å². The van der Waals surface area contributed by atoms with Crippen molar-refractivity contribution in [1.82, 2.24) is 14.9 Å². The van der Waals surface area contributed by atoms with Crippen molar-refractivity contribution in [1.29, 1.82) is 0 Å². The molecule has 1 spiro atoms. The molecule has 2 aliphatic rings. The fraction of sp³-hybridized carbons (Fsp3) is 0.545. The maximum Gasteiger partial charge on any atom is 0.490 e. The first-order valence-corrected chi connectivity index (χ1v) is 12.2. The smallest absolute Gasteiger partial charge is 0.475 e. The van der Waals surface area contributed by atoms with Gasteiger partial charge in [-0.1, -0.05) is 0 Å². The van der Waals surface area contributed by atoms with Crippen molar-refractivity contribution < 1.29 is 50.9 Å². The van der Waals surface area contributed by atoms with Gasteiger partial charge in [-0.25, -0.2) is 19.6 Å². The second-order valence-electron chi connectivity index (χ2n) is 8.47. The average molecular weight is 573 g/mol. The van der Waals surface area contributed by atoms with E-state index in [0.717, 1.165) is 39.0 Å². The highest BCUT2D eigenvalue weighted by molar-refractivity contribution is 7.07. The zero-order chi connectivity index (χ0) is 28.4. The number of carboxylic acid groups (broad SMARTS) is 2. The van der Waals surface area contributed by atoms with Gasteiger partial charge in [0.2, 0.25) is 5.95 Å². The Kier molecular flexibility index (Phi) is 11.3. The number of carbonyl (C=O) groups is 2. The van der Waals surface area contributed by atoms with Crippen LogP contribution in [0.1, 0.15) is 31.2 Å². The van der Waals surface area contributed by atoms with Crippen LogP contribution in [0.25, 0.3) is 0 Å². The first-order chi connectivity index (χ1) is 17.7. The lowest BCUT2D eigenvalue weighted by atomic mass is 9.90. The summed E-state index contributed by atoms with van der Waals surface area (Å²) in [6, 6.07) is 4.06. The molecule has 0 aliphatic carbocycles. The molecule has 2 aromatic heterocycles.